The topological polar surface area (TPSA) is 54.3 Å². The molecule has 0 aromatic carbocycles. The van der Waals surface area contributed by atoms with Gasteiger partial charge in [0.25, 0.3) is 0 Å². The molecular weight excluding hydrogens is 216 g/mol. The first-order valence-electron chi connectivity index (χ1n) is 6.62. The molecule has 2 atom stereocenters. The molecule has 0 bridgehead atoms. The summed E-state index contributed by atoms with van der Waals surface area (Å²) in [4.78, 5) is 0. The Bertz CT molecular complexity index is 280. The van der Waals surface area contributed by atoms with E-state index in [1.807, 2.05) is 6.92 Å². The summed E-state index contributed by atoms with van der Waals surface area (Å²) in [7, 11) is 0. The van der Waals surface area contributed by atoms with E-state index in [0.717, 1.165) is 45.6 Å². The van der Waals surface area contributed by atoms with Crippen LogP contribution in [0.25, 0.3) is 0 Å². The highest BCUT2D eigenvalue weighted by Crippen LogP contribution is 2.39. The van der Waals surface area contributed by atoms with Crippen molar-refractivity contribution in [3.8, 4) is 6.07 Å². The monoisotopic (exact) mass is 238 g/mol. The van der Waals surface area contributed by atoms with Gasteiger partial charge >= 0.3 is 0 Å². The van der Waals surface area contributed by atoms with E-state index in [9.17, 15) is 5.26 Å². The highest BCUT2D eigenvalue weighted by atomic mass is 16.5. The van der Waals surface area contributed by atoms with Crippen LogP contribution in [0.15, 0.2) is 0 Å². The molecule has 2 unspecified atom stereocenters. The largest absolute Gasteiger partial charge is 0.381 e. The normalized spacial score (nSPS) is 27.6. The first kappa shape index (κ1) is 12.8. The zero-order chi connectivity index (χ0) is 12.1. The third-order valence-electron chi connectivity index (χ3n) is 3.67. The van der Waals surface area contributed by atoms with E-state index in [0.29, 0.717) is 18.4 Å². The van der Waals surface area contributed by atoms with Crippen LogP contribution in [-0.4, -0.2) is 38.5 Å². The molecule has 96 valence electrons. The first-order chi connectivity index (χ1) is 8.30. The summed E-state index contributed by atoms with van der Waals surface area (Å²) in [6, 6.07) is 2.44. The minimum Gasteiger partial charge on any atom is -0.381 e. The third kappa shape index (κ3) is 3.19. The van der Waals surface area contributed by atoms with Crippen LogP contribution in [0.1, 0.15) is 26.2 Å². The smallest absolute Gasteiger partial charge is 0.133 e. The Kier molecular flexibility index (Phi) is 4.38. The second-order valence-corrected chi connectivity index (χ2v) is 5.13. The standard InChI is InChI=1S/C13H22N2O2/c1-2-15-13(9-14,12-3-4-12)10-17-8-11-5-6-16-7-11/h11-12,15H,2-8,10H2,1H3. The summed E-state index contributed by atoms with van der Waals surface area (Å²) in [5, 5.41) is 12.7. The second kappa shape index (κ2) is 5.81. The Morgan fingerprint density at radius 3 is 2.82 bits per heavy atom. The quantitative estimate of drug-likeness (QED) is 0.727. The molecule has 0 aromatic rings. The Balaban J connectivity index is 1.78. The lowest BCUT2D eigenvalue weighted by atomic mass is 9.96. The maximum Gasteiger partial charge on any atom is 0.133 e. The second-order valence-electron chi connectivity index (χ2n) is 5.13. The van der Waals surface area contributed by atoms with Gasteiger partial charge < -0.3 is 9.47 Å². The Morgan fingerprint density at radius 2 is 2.29 bits per heavy atom. The summed E-state index contributed by atoms with van der Waals surface area (Å²) in [5.41, 5.74) is -0.450. The molecule has 1 aliphatic carbocycles. The van der Waals surface area contributed by atoms with Gasteiger partial charge in [0.05, 0.1) is 25.9 Å². The van der Waals surface area contributed by atoms with Crippen LogP contribution in [0.2, 0.25) is 0 Å². The predicted molar refractivity (Wildman–Crippen MR) is 64.5 cm³/mol. The van der Waals surface area contributed by atoms with Crippen LogP contribution in [-0.2, 0) is 9.47 Å². The first-order valence-corrected chi connectivity index (χ1v) is 6.62. The minimum atomic E-state index is -0.450. The number of likely N-dealkylation sites (N-methyl/N-ethyl adjacent to an activating group) is 1. The molecule has 2 rings (SSSR count). The molecule has 1 heterocycles. The number of hydrogen-bond donors (Lipinski definition) is 1. The van der Waals surface area contributed by atoms with Gasteiger partial charge in [-0.05, 0) is 31.7 Å². The summed E-state index contributed by atoms with van der Waals surface area (Å²) >= 11 is 0. The van der Waals surface area contributed by atoms with E-state index in [2.05, 4.69) is 11.4 Å². The lowest BCUT2D eigenvalue weighted by Gasteiger charge is -2.27. The molecule has 0 radical (unpaired) electrons. The van der Waals surface area contributed by atoms with Gasteiger partial charge in [-0.15, -0.1) is 0 Å². The highest BCUT2D eigenvalue weighted by molar-refractivity contribution is 5.15. The SMILES string of the molecule is CCNC(C#N)(COCC1CCOC1)C1CC1. The summed E-state index contributed by atoms with van der Waals surface area (Å²) in [6.07, 6.45) is 3.39. The van der Waals surface area contributed by atoms with Gasteiger partial charge in [-0.2, -0.15) is 5.26 Å². The molecule has 0 aromatic heterocycles. The summed E-state index contributed by atoms with van der Waals surface area (Å²) in [6.45, 7) is 5.76. The molecule has 1 aliphatic heterocycles. The van der Waals surface area contributed by atoms with Crippen molar-refractivity contribution in [3.05, 3.63) is 0 Å². The average Bonchev–Trinajstić information content (AvgIpc) is 3.07. The van der Waals surface area contributed by atoms with Crippen molar-refractivity contribution in [1.82, 2.24) is 5.32 Å². The van der Waals surface area contributed by atoms with E-state index < -0.39 is 5.54 Å². The van der Waals surface area contributed by atoms with Gasteiger partial charge in [-0.1, -0.05) is 6.92 Å². The maximum atomic E-state index is 9.39. The van der Waals surface area contributed by atoms with Gasteiger partial charge in [0.15, 0.2) is 0 Å². The average molecular weight is 238 g/mol. The molecule has 0 spiro atoms. The van der Waals surface area contributed by atoms with Gasteiger partial charge in [0.1, 0.15) is 5.54 Å². The van der Waals surface area contributed by atoms with Crippen molar-refractivity contribution in [2.75, 3.05) is 33.0 Å². The Hall–Kier alpha value is -0.630. The Morgan fingerprint density at radius 1 is 1.47 bits per heavy atom. The lowest BCUT2D eigenvalue weighted by molar-refractivity contribution is 0.0529. The number of ether oxygens (including phenoxy) is 2. The van der Waals surface area contributed by atoms with Gasteiger partial charge in [0.2, 0.25) is 0 Å². The van der Waals surface area contributed by atoms with Crippen LogP contribution >= 0.6 is 0 Å². The third-order valence-corrected chi connectivity index (χ3v) is 3.67. The molecule has 1 saturated carbocycles. The van der Waals surface area contributed by atoms with Crippen molar-refractivity contribution in [2.24, 2.45) is 11.8 Å². The molecule has 2 aliphatic rings. The van der Waals surface area contributed by atoms with E-state index in [4.69, 9.17) is 9.47 Å². The number of nitrogens with zero attached hydrogens (tertiary/aromatic N) is 1. The number of nitriles is 1. The number of rotatable bonds is 7. The molecule has 1 N–H and O–H groups in total. The Labute approximate surface area is 103 Å². The summed E-state index contributed by atoms with van der Waals surface area (Å²) in [5.74, 6) is 1.000. The van der Waals surface area contributed by atoms with Gasteiger partial charge in [-0.25, -0.2) is 0 Å². The predicted octanol–water partition coefficient (Wildman–Crippen LogP) is 1.32. The number of nitrogens with one attached hydrogen (secondary N) is 1. The van der Waals surface area contributed by atoms with Gasteiger partial charge in [0, 0.05) is 12.5 Å². The molecule has 1 saturated heterocycles. The fraction of sp³-hybridized carbons (Fsp3) is 0.923. The number of hydrogen-bond acceptors (Lipinski definition) is 4. The molecular formula is C13H22N2O2. The molecule has 4 heteroatoms. The van der Waals surface area contributed by atoms with E-state index in [1.165, 1.54) is 0 Å². The van der Waals surface area contributed by atoms with Crippen molar-refractivity contribution in [1.29, 1.82) is 5.26 Å². The van der Waals surface area contributed by atoms with Crippen molar-refractivity contribution < 1.29 is 9.47 Å². The van der Waals surface area contributed by atoms with Crippen molar-refractivity contribution in [2.45, 2.75) is 31.7 Å². The van der Waals surface area contributed by atoms with Crippen LogP contribution in [0, 0.1) is 23.2 Å². The molecule has 0 amide bonds. The van der Waals surface area contributed by atoms with Crippen molar-refractivity contribution >= 4 is 0 Å². The van der Waals surface area contributed by atoms with Crippen LogP contribution < -0.4 is 5.32 Å². The zero-order valence-corrected chi connectivity index (χ0v) is 10.6. The van der Waals surface area contributed by atoms with Crippen molar-refractivity contribution in [3.63, 3.8) is 0 Å². The fourth-order valence-corrected chi connectivity index (χ4v) is 2.47. The highest BCUT2D eigenvalue weighted by Gasteiger charge is 2.45. The van der Waals surface area contributed by atoms with Crippen LogP contribution in [0.4, 0.5) is 0 Å². The molecule has 4 nitrogen and oxygen atoms in total. The lowest BCUT2D eigenvalue weighted by Crippen LogP contribution is -2.50. The molecule has 2 fully saturated rings. The van der Waals surface area contributed by atoms with E-state index in [-0.39, 0.29) is 0 Å². The van der Waals surface area contributed by atoms with Gasteiger partial charge in [-0.3, -0.25) is 5.32 Å². The fourth-order valence-electron chi connectivity index (χ4n) is 2.47. The van der Waals surface area contributed by atoms with E-state index >= 15 is 0 Å². The van der Waals surface area contributed by atoms with Crippen LogP contribution in [0.5, 0.6) is 0 Å². The van der Waals surface area contributed by atoms with Crippen LogP contribution in [0.3, 0.4) is 0 Å². The molecule has 17 heavy (non-hydrogen) atoms. The minimum absolute atomic E-state index is 0.450. The zero-order valence-electron chi connectivity index (χ0n) is 10.6. The van der Waals surface area contributed by atoms with E-state index in [1.54, 1.807) is 0 Å². The maximum absolute atomic E-state index is 9.39. The summed E-state index contributed by atoms with van der Waals surface area (Å²) < 4.78 is 11.1.